The molecule has 84 valence electrons. The number of allylic oxidation sites excluding steroid dienone is 1. The molecule has 0 aliphatic heterocycles. The van der Waals surface area contributed by atoms with Crippen molar-refractivity contribution in [3.05, 3.63) is 42.0 Å². The van der Waals surface area contributed by atoms with Gasteiger partial charge >= 0.3 is 11.9 Å². The van der Waals surface area contributed by atoms with Crippen molar-refractivity contribution >= 4 is 11.9 Å². The van der Waals surface area contributed by atoms with E-state index in [1.807, 2.05) is 0 Å². The number of hydrogen-bond donors (Lipinski definition) is 0. The molecule has 0 aromatic heterocycles. The third-order valence-corrected chi connectivity index (χ3v) is 1.87. The van der Waals surface area contributed by atoms with Gasteiger partial charge in [0, 0.05) is 0 Å². The van der Waals surface area contributed by atoms with Crippen LogP contribution < -0.4 is 4.74 Å². The molecule has 0 bridgehead atoms. The van der Waals surface area contributed by atoms with Gasteiger partial charge in [0.1, 0.15) is 11.3 Å². The van der Waals surface area contributed by atoms with E-state index in [1.54, 1.807) is 37.3 Å². The summed E-state index contributed by atoms with van der Waals surface area (Å²) in [5, 5.41) is 0. The maximum absolute atomic E-state index is 11.6. The van der Waals surface area contributed by atoms with Crippen LogP contribution in [0.1, 0.15) is 6.92 Å². The Morgan fingerprint density at radius 2 is 1.75 bits per heavy atom. The van der Waals surface area contributed by atoms with Crippen molar-refractivity contribution < 1.29 is 19.1 Å². The molecule has 0 aliphatic carbocycles. The Balaban J connectivity index is 2.76. The summed E-state index contributed by atoms with van der Waals surface area (Å²) in [6.45, 7) is 1.57. The Bertz CT molecular complexity index is 406. The van der Waals surface area contributed by atoms with E-state index in [-0.39, 0.29) is 5.57 Å². The fraction of sp³-hybridized carbons (Fsp3) is 0.167. The van der Waals surface area contributed by atoms with Gasteiger partial charge in [-0.2, -0.15) is 0 Å². The van der Waals surface area contributed by atoms with Crippen LogP contribution in [0, 0.1) is 0 Å². The highest BCUT2D eigenvalue weighted by Crippen LogP contribution is 2.11. The van der Waals surface area contributed by atoms with Crippen molar-refractivity contribution in [2.24, 2.45) is 0 Å². The lowest BCUT2D eigenvalue weighted by Gasteiger charge is -2.05. The maximum Gasteiger partial charge on any atom is 0.350 e. The zero-order valence-corrected chi connectivity index (χ0v) is 9.10. The van der Waals surface area contributed by atoms with Crippen LogP contribution in [-0.4, -0.2) is 19.0 Å². The highest BCUT2D eigenvalue weighted by atomic mass is 16.5. The van der Waals surface area contributed by atoms with Gasteiger partial charge in [0.25, 0.3) is 0 Å². The smallest absolute Gasteiger partial charge is 0.350 e. The molecule has 4 heteroatoms. The van der Waals surface area contributed by atoms with Crippen molar-refractivity contribution in [3.8, 4) is 5.75 Å². The molecule has 0 saturated carbocycles. The van der Waals surface area contributed by atoms with Crippen molar-refractivity contribution in [3.63, 3.8) is 0 Å². The summed E-state index contributed by atoms with van der Waals surface area (Å²) in [7, 11) is 1.21. The van der Waals surface area contributed by atoms with Crippen LogP contribution in [-0.2, 0) is 14.3 Å². The first-order chi connectivity index (χ1) is 7.69. The molecule has 0 spiro atoms. The molecule has 0 atom stereocenters. The van der Waals surface area contributed by atoms with E-state index >= 15 is 0 Å². The maximum atomic E-state index is 11.6. The molecule has 0 N–H and O–H groups in total. The molecule has 16 heavy (non-hydrogen) atoms. The van der Waals surface area contributed by atoms with Gasteiger partial charge in [0.15, 0.2) is 0 Å². The number of methoxy groups -OCH3 is 1. The summed E-state index contributed by atoms with van der Waals surface area (Å²) in [6, 6.07) is 8.52. The Labute approximate surface area is 93.5 Å². The van der Waals surface area contributed by atoms with Gasteiger partial charge in [-0.1, -0.05) is 24.3 Å². The molecule has 1 rings (SSSR count). The average Bonchev–Trinajstić information content (AvgIpc) is 2.31. The van der Waals surface area contributed by atoms with Crippen molar-refractivity contribution in [2.75, 3.05) is 7.11 Å². The minimum Gasteiger partial charge on any atom is -0.465 e. The second-order valence-corrected chi connectivity index (χ2v) is 2.90. The first-order valence-corrected chi connectivity index (χ1v) is 4.71. The van der Waals surface area contributed by atoms with Gasteiger partial charge < -0.3 is 9.47 Å². The molecular formula is C12H12O4. The topological polar surface area (TPSA) is 52.6 Å². The van der Waals surface area contributed by atoms with E-state index < -0.39 is 11.9 Å². The zero-order chi connectivity index (χ0) is 12.0. The normalized spacial score (nSPS) is 10.8. The molecule has 0 radical (unpaired) electrons. The molecule has 0 aliphatic rings. The minimum atomic E-state index is -0.722. The number of carbonyl (C=O) groups excluding carboxylic acids is 2. The molecule has 1 aromatic rings. The third kappa shape index (κ3) is 2.95. The Morgan fingerprint density at radius 3 is 2.25 bits per heavy atom. The number of benzene rings is 1. The number of hydrogen-bond acceptors (Lipinski definition) is 4. The highest BCUT2D eigenvalue weighted by Gasteiger charge is 2.19. The summed E-state index contributed by atoms with van der Waals surface area (Å²) in [4.78, 5) is 22.7. The molecule has 0 amide bonds. The number of rotatable bonds is 3. The summed E-state index contributed by atoms with van der Waals surface area (Å²) >= 11 is 0. The van der Waals surface area contributed by atoms with E-state index in [1.165, 1.54) is 13.2 Å². The predicted octanol–water partition coefficient (Wildman–Crippen LogP) is 1.71. The van der Waals surface area contributed by atoms with Crippen LogP contribution in [0.4, 0.5) is 0 Å². The van der Waals surface area contributed by atoms with Gasteiger partial charge in [0.05, 0.1) is 7.11 Å². The summed E-state index contributed by atoms with van der Waals surface area (Å²) in [5.74, 6) is -1.04. The molecule has 0 fully saturated rings. The number of ether oxygens (including phenoxy) is 2. The number of carbonyl (C=O) groups is 2. The van der Waals surface area contributed by atoms with Crippen LogP contribution in [0.3, 0.4) is 0 Å². The van der Waals surface area contributed by atoms with E-state index in [4.69, 9.17) is 4.74 Å². The lowest BCUT2D eigenvalue weighted by molar-refractivity contribution is -0.141. The standard InChI is InChI=1S/C12H12O4/c1-3-10(11(13)15-2)12(14)16-9-7-5-4-6-8-9/h3-8H,1-2H3. The second kappa shape index (κ2) is 5.70. The van der Waals surface area contributed by atoms with Crippen LogP contribution >= 0.6 is 0 Å². The van der Waals surface area contributed by atoms with Crippen LogP contribution in [0.25, 0.3) is 0 Å². The monoisotopic (exact) mass is 220 g/mol. The minimum absolute atomic E-state index is 0.119. The van der Waals surface area contributed by atoms with Gasteiger partial charge in [-0.3, -0.25) is 0 Å². The van der Waals surface area contributed by atoms with Gasteiger partial charge in [-0.15, -0.1) is 0 Å². The predicted molar refractivity (Wildman–Crippen MR) is 57.9 cm³/mol. The van der Waals surface area contributed by atoms with Crippen molar-refractivity contribution in [1.82, 2.24) is 0 Å². The Morgan fingerprint density at radius 1 is 1.12 bits per heavy atom. The van der Waals surface area contributed by atoms with Crippen molar-refractivity contribution in [1.29, 1.82) is 0 Å². The van der Waals surface area contributed by atoms with Gasteiger partial charge in [-0.25, -0.2) is 9.59 Å². The van der Waals surface area contributed by atoms with Gasteiger partial charge in [-0.05, 0) is 19.1 Å². The van der Waals surface area contributed by atoms with E-state index in [0.717, 1.165) is 0 Å². The lowest BCUT2D eigenvalue weighted by Crippen LogP contribution is -2.19. The number of esters is 2. The molecule has 0 saturated heterocycles. The zero-order valence-electron chi connectivity index (χ0n) is 9.10. The molecule has 0 heterocycles. The summed E-state index contributed by atoms with van der Waals surface area (Å²) in [6.07, 6.45) is 1.36. The first-order valence-electron chi connectivity index (χ1n) is 4.71. The van der Waals surface area contributed by atoms with Crippen LogP contribution in [0.5, 0.6) is 5.75 Å². The van der Waals surface area contributed by atoms with Crippen LogP contribution in [0.15, 0.2) is 42.0 Å². The molecule has 1 aromatic carbocycles. The van der Waals surface area contributed by atoms with Gasteiger partial charge in [0.2, 0.25) is 0 Å². The van der Waals surface area contributed by atoms with Crippen LogP contribution in [0.2, 0.25) is 0 Å². The second-order valence-electron chi connectivity index (χ2n) is 2.90. The fourth-order valence-corrected chi connectivity index (χ4v) is 1.08. The highest BCUT2D eigenvalue weighted by molar-refractivity contribution is 6.14. The van der Waals surface area contributed by atoms with E-state index in [2.05, 4.69) is 4.74 Å². The Hall–Kier alpha value is -2.10. The lowest BCUT2D eigenvalue weighted by atomic mass is 10.2. The third-order valence-electron chi connectivity index (χ3n) is 1.87. The summed E-state index contributed by atoms with van der Waals surface area (Å²) < 4.78 is 9.44. The molecule has 4 nitrogen and oxygen atoms in total. The molecular weight excluding hydrogens is 208 g/mol. The SMILES string of the molecule is CC=C(C(=O)OC)C(=O)Oc1ccccc1. The fourth-order valence-electron chi connectivity index (χ4n) is 1.08. The number of para-hydroxylation sites is 1. The molecule has 0 unspecified atom stereocenters. The first kappa shape index (κ1) is 12.0. The van der Waals surface area contributed by atoms with E-state index in [0.29, 0.717) is 5.75 Å². The average molecular weight is 220 g/mol. The quantitative estimate of drug-likeness (QED) is 0.256. The largest absolute Gasteiger partial charge is 0.465 e. The Kier molecular flexibility index (Phi) is 4.27. The summed E-state index contributed by atoms with van der Waals surface area (Å²) in [5.41, 5.74) is -0.119. The van der Waals surface area contributed by atoms with E-state index in [9.17, 15) is 9.59 Å². The van der Waals surface area contributed by atoms with Crippen molar-refractivity contribution in [2.45, 2.75) is 6.92 Å².